The van der Waals surface area contributed by atoms with E-state index in [0.717, 1.165) is 22.4 Å². The van der Waals surface area contributed by atoms with Gasteiger partial charge in [-0.1, -0.05) is 48.5 Å². The Balaban J connectivity index is 0.00000312. The van der Waals surface area contributed by atoms with Gasteiger partial charge in [-0.05, 0) is 37.6 Å². The molecule has 0 fully saturated rings. The fraction of sp³-hybridized carbons (Fsp3) is 0.350. The molecule has 0 radical (unpaired) electrons. The number of hydrogen-bond acceptors (Lipinski definition) is 3. The van der Waals surface area contributed by atoms with Crippen molar-refractivity contribution in [2.24, 2.45) is 0 Å². The van der Waals surface area contributed by atoms with E-state index < -0.39 is 0 Å². The van der Waals surface area contributed by atoms with E-state index in [1.807, 2.05) is 69.4 Å². The predicted molar refractivity (Wildman–Crippen MR) is 105 cm³/mol. The molecule has 0 aliphatic heterocycles. The van der Waals surface area contributed by atoms with Crippen molar-refractivity contribution in [1.29, 1.82) is 0 Å². The molecule has 0 bridgehead atoms. The summed E-state index contributed by atoms with van der Waals surface area (Å²) in [4.78, 5) is 12.1. The Morgan fingerprint density at radius 2 is 1.68 bits per heavy atom. The van der Waals surface area contributed by atoms with Crippen molar-refractivity contribution in [3.63, 3.8) is 0 Å². The predicted octanol–water partition coefficient (Wildman–Crippen LogP) is 3.57. The van der Waals surface area contributed by atoms with E-state index in [1.54, 1.807) is 0 Å². The molecule has 0 saturated heterocycles. The van der Waals surface area contributed by atoms with Gasteiger partial charge < -0.3 is 15.4 Å². The highest BCUT2D eigenvalue weighted by molar-refractivity contribution is 5.85. The van der Waals surface area contributed by atoms with Crippen molar-refractivity contribution < 1.29 is 9.53 Å². The van der Waals surface area contributed by atoms with Gasteiger partial charge in [-0.15, -0.1) is 12.4 Å². The number of hydrogen-bond donors (Lipinski definition) is 2. The quantitative estimate of drug-likeness (QED) is 0.754. The Labute approximate surface area is 156 Å². The van der Waals surface area contributed by atoms with Crippen molar-refractivity contribution >= 4 is 18.3 Å². The van der Waals surface area contributed by atoms with Crippen LogP contribution in [-0.4, -0.2) is 26.1 Å². The van der Waals surface area contributed by atoms with Crippen LogP contribution in [0, 0.1) is 13.8 Å². The number of carbonyl (C=O) groups excluding carboxylic acids is 1. The van der Waals surface area contributed by atoms with Gasteiger partial charge in [0.15, 0.2) is 0 Å². The van der Waals surface area contributed by atoms with Gasteiger partial charge in [0.25, 0.3) is 0 Å². The average Bonchev–Trinajstić information content (AvgIpc) is 2.59. The number of para-hydroxylation sites is 1. The topological polar surface area (TPSA) is 50.4 Å². The summed E-state index contributed by atoms with van der Waals surface area (Å²) in [6.45, 7) is 5.13. The van der Waals surface area contributed by atoms with Gasteiger partial charge in [0.1, 0.15) is 12.4 Å². The van der Waals surface area contributed by atoms with Gasteiger partial charge in [0.05, 0.1) is 6.04 Å². The summed E-state index contributed by atoms with van der Waals surface area (Å²) in [5.74, 6) is 0.909. The molecule has 5 heteroatoms. The molecule has 0 aliphatic carbocycles. The Kier molecular flexibility index (Phi) is 9.03. The summed E-state index contributed by atoms with van der Waals surface area (Å²) in [6.07, 6.45) is 0.448. The molecule has 2 rings (SSSR count). The maximum absolute atomic E-state index is 12.1. The van der Waals surface area contributed by atoms with Gasteiger partial charge in [-0.3, -0.25) is 4.79 Å². The lowest BCUT2D eigenvalue weighted by Gasteiger charge is -2.21. The van der Waals surface area contributed by atoms with E-state index >= 15 is 0 Å². The SMILES string of the molecule is CNCCC(=O)NC(COc1c(C)cccc1C)c1ccccc1.Cl. The lowest BCUT2D eigenvalue weighted by molar-refractivity contribution is -0.122. The number of benzene rings is 2. The highest BCUT2D eigenvalue weighted by atomic mass is 35.5. The van der Waals surface area contributed by atoms with Gasteiger partial charge in [-0.25, -0.2) is 0 Å². The normalized spacial score (nSPS) is 11.3. The van der Waals surface area contributed by atoms with Crippen LogP contribution in [-0.2, 0) is 4.79 Å². The third-order valence-electron chi connectivity index (χ3n) is 3.94. The summed E-state index contributed by atoms with van der Waals surface area (Å²) in [5.41, 5.74) is 3.24. The summed E-state index contributed by atoms with van der Waals surface area (Å²) >= 11 is 0. The molecule has 0 aromatic heterocycles. The summed E-state index contributed by atoms with van der Waals surface area (Å²) in [6, 6.07) is 15.9. The van der Waals surface area contributed by atoms with Crippen LogP contribution in [0.4, 0.5) is 0 Å². The minimum absolute atomic E-state index is 0. The molecule has 0 aliphatic rings. The number of ether oxygens (including phenoxy) is 1. The zero-order valence-electron chi connectivity index (χ0n) is 15.0. The fourth-order valence-corrected chi connectivity index (χ4v) is 2.61. The Hall–Kier alpha value is -2.04. The van der Waals surface area contributed by atoms with Gasteiger partial charge in [-0.2, -0.15) is 0 Å². The molecule has 1 atom stereocenters. The lowest BCUT2D eigenvalue weighted by Crippen LogP contribution is -2.34. The zero-order chi connectivity index (χ0) is 17.4. The molecule has 0 heterocycles. The third kappa shape index (κ3) is 6.40. The smallest absolute Gasteiger partial charge is 0.221 e. The van der Waals surface area contributed by atoms with Crippen molar-refractivity contribution in [3.05, 3.63) is 65.2 Å². The fourth-order valence-electron chi connectivity index (χ4n) is 2.61. The molecule has 136 valence electrons. The number of aryl methyl sites for hydroxylation is 2. The Morgan fingerprint density at radius 1 is 1.04 bits per heavy atom. The third-order valence-corrected chi connectivity index (χ3v) is 3.94. The van der Waals surface area contributed by atoms with Crippen LogP contribution in [0.2, 0.25) is 0 Å². The first-order chi connectivity index (χ1) is 11.6. The van der Waals surface area contributed by atoms with E-state index in [2.05, 4.69) is 10.6 Å². The molecule has 4 nitrogen and oxygen atoms in total. The summed E-state index contributed by atoms with van der Waals surface area (Å²) in [5, 5.41) is 6.07. The Bertz CT molecular complexity index is 642. The maximum atomic E-state index is 12.1. The molecule has 2 aromatic rings. The summed E-state index contributed by atoms with van der Waals surface area (Å²) in [7, 11) is 1.84. The van der Waals surface area contributed by atoms with Crippen molar-refractivity contribution in [2.75, 3.05) is 20.2 Å². The molecule has 0 spiro atoms. The maximum Gasteiger partial charge on any atom is 0.221 e. The molecule has 25 heavy (non-hydrogen) atoms. The lowest BCUT2D eigenvalue weighted by atomic mass is 10.1. The first-order valence-electron chi connectivity index (χ1n) is 8.29. The van der Waals surface area contributed by atoms with Crippen LogP contribution in [0.5, 0.6) is 5.75 Å². The van der Waals surface area contributed by atoms with Crippen LogP contribution >= 0.6 is 12.4 Å². The van der Waals surface area contributed by atoms with Gasteiger partial charge >= 0.3 is 0 Å². The minimum Gasteiger partial charge on any atom is -0.491 e. The molecule has 0 saturated carbocycles. The Morgan fingerprint density at radius 3 is 2.28 bits per heavy atom. The second-order valence-corrected chi connectivity index (χ2v) is 5.92. The van der Waals surface area contributed by atoms with Crippen LogP contribution in [0.15, 0.2) is 48.5 Å². The van der Waals surface area contributed by atoms with E-state index in [9.17, 15) is 4.79 Å². The number of carbonyl (C=O) groups is 1. The minimum atomic E-state index is -0.172. The second kappa shape index (κ2) is 10.7. The highest BCUT2D eigenvalue weighted by Gasteiger charge is 2.16. The first-order valence-corrected chi connectivity index (χ1v) is 8.29. The number of halogens is 1. The van der Waals surface area contributed by atoms with E-state index in [0.29, 0.717) is 19.6 Å². The van der Waals surface area contributed by atoms with Gasteiger partial charge in [0.2, 0.25) is 5.91 Å². The number of nitrogens with one attached hydrogen (secondary N) is 2. The number of amides is 1. The average molecular weight is 363 g/mol. The second-order valence-electron chi connectivity index (χ2n) is 5.92. The van der Waals surface area contributed by atoms with Crippen LogP contribution in [0.3, 0.4) is 0 Å². The molecule has 1 unspecified atom stereocenters. The van der Waals surface area contributed by atoms with Crippen LogP contribution in [0.25, 0.3) is 0 Å². The molecule has 2 aromatic carbocycles. The molecule has 2 N–H and O–H groups in total. The monoisotopic (exact) mass is 362 g/mol. The van der Waals surface area contributed by atoms with E-state index in [1.165, 1.54) is 0 Å². The number of rotatable bonds is 8. The summed E-state index contributed by atoms with van der Waals surface area (Å²) < 4.78 is 6.06. The standard InChI is InChI=1S/C20H26N2O2.ClH/c1-15-8-7-9-16(2)20(15)24-14-18(17-10-5-4-6-11-17)22-19(23)12-13-21-3;/h4-11,18,21H,12-14H2,1-3H3,(H,22,23);1H. The van der Waals surface area contributed by atoms with Gasteiger partial charge in [0, 0.05) is 13.0 Å². The first kappa shape index (κ1) is 21.0. The van der Waals surface area contributed by atoms with Crippen molar-refractivity contribution in [1.82, 2.24) is 10.6 Å². The van der Waals surface area contributed by atoms with Crippen LogP contribution in [0.1, 0.15) is 29.2 Å². The highest BCUT2D eigenvalue weighted by Crippen LogP contribution is 2.24. The van der Waals surface area contributed by atoms with E-state index in [-0.39, 0.29) is 24.4 Å². The largest absolute Gasteiger partial charge is 0.491 e. The molecular weight excluding hydrogens is 336 g/mol. The molecular formula is C20H27ClN2O2. The van der Waals surface area contributed by atoms with E-state index in [4.69, 9.17) is 4.74 Å². The zero-order valence-corrected chi connectivity index (χ0v) is 15.9. The van der Waals surface area contributed by atoms with Crippen molar-refractivity contribution in [2.45, 2.75) is 26.3 Å². The molecule has 1 amide bonds. The van der Waals surface area contributed by atoms with Crippen LogP contribution < -0.4 is 15.4 Å². The van der Waals surface area contributed by atoms with Crippen molar-refractivity contribution in [3.8, 4) is 5.75 Å².